The third-order valence-corrected chi connectivity index (χ3v) is 6.82. The zero-order valence-electron chi connectivity index (χ0n) is 19.5. The van der Waals surface area contributed by atoms with Crippen molar-refractivity contribution >= 4 is 50.8 Å². The number of fused-ring (bicyclic) bond motifs is 2. The molecule has 0 radical (unpaired) electrons. The molecule has 2 bridgehead atoms. The van der Waals surface area contributed by atoms with Crippen molar-refractivity contribution in [1.29, 1.82) is 0 Å². The second-order valence-electron chi connectivity index (χ2n) is 7.87. The van der Waals surface area contributed by atoms with E-state index in [-0.39, 0.29) is 33.6 Å². The fourth-order valence-corrected chi connectivity index (χ4v) is 4.59. The predicted molar refractivity (Wildman–Crippen MR) is 134 cm³/mol. The molecule has 0 atom stereocenters. The van der Waals surface area contributed by atoms with Crippen molar-refractivity contribution in [3.63, 3.8) is 0 Å². The van der Waals surface area contributed by atoms with Crippen LogP contribution in [0.1, 0.15) is 10.4 Å². The average molecular weight is 518 g/mol. The number of sulfonamides is 1. The summed E-state index contributed by atoms with van der Waals surface area (Å²) >= 11 is 0. The van der Waals surface area contributed by atoms with Crippen LogP contribution in [0, 0.1) is 0 Å². The molecule has 37 heavy (non-hydrogen) atoms. The Morgan fingerprint density at radius 3 is 2.41 bits per heavy atom. The van der Waals surface area contributed by atoms with E-state index in [1.165, 1.54) is 66.6 Å². The summed E-state index contributed by atoms with van der Waals surface area (Å²) in [4.78, 5) is 36.1. The van der Waals surface area contributed by atoms with Crippen molar-refractivity contribution in [3.8, 4) is 0 Å². The maximum absolute atomic E-state index is 13.1. The molecule has 4 heterocycles. The molecule has 1 aliphatic rings. The zero-order valence-corrected chi connectivity index (χ0v) is 20.4. The number of carbonyl (C=O) groups excluding carboxylic acids is 2. The van der Waals surface area contributed by atoms with Gasteiger partial charge in [-0.05, 0) is 48.5 Å². The van der Waals surface area contributed by atoms with Crippen LogP contribution < -0.4 is 14.5 Å². The number of azo groups is 1. The number of rotatable bonds is 6. The molecule has 0 saturated heterocycles. The van der Waals surface area contributed by atoms with Gasteiger partial charge in [0, 0.05) is 32.7 Å². The summed E-state index contributed by atoms with van der Waals surface area (Å²) in [6.07, 6.45) is 4.42. The first-order chi connectivity index (χ1) is 17.8. The second kappa shape index (κ2) is 9.23. The van der Waals surface area contributed by atoms with Gasteiger partial charge in [0.2, 0.25) is 0 Å². The van der Waals surface area contributed by atoms with E-state index in [0.717, 1.165) is 4.68 Å². The zero-order chi connectivity index (χ0) is 26.2. The van der Waals surface area contributed by atoms with Crippen LogP contribution in [0.15, 0.2) is 88.3 Å². The minimum absolute atomic E-state index is 0.0135. The number of amides is 2. The first-order valence-electron chi connectivity index (χ1n) is 10.8. The van der Waals surface area contributed by atoms with Gasteiger partial charge in [-0.25, -0.2) is 18.2 Å². The Hall–Kier alpha value is -4.98. The Morgan fingerprint density at radius 1 is 0.946 bits per heavy atom. The third kappa shape index (κ3) is 4.40. The highest BCUT2D eigenvalue weighted by molar-refractivity contribution is 7.92. The normalized spacial score (nSPS) is 13.3. The van der Waals surface area contributed by atoms with Gasteiger partial charge in [0.1, 0.15) is 5.82 Å². The van der Waals surface area contributed by atoms with Crippen molar-refractivity contribution in [2.75, 3.05) is 28.6 Å². The van der Waals surface area contributed by atoms with Crippen LogP contribution in [0.5, 0.6) is 0 Å². The number of nitrogens with one attached hydrogen (secondary N) is 1. The number of carbonyl (C=O) groups is 2. The molecular weight excluding hydrogens is 498 g/mol. The Balaban J connectivity index is 1.45. The van der Waals surface area contributed by atoms with Crippen molar-refractivity contribution in [1.82, 2.24) is 19.7 Å². The minimum Gasteiger partial charge on any atom is -0.279 e. The smallest absolute Gasteiger partial charge is 0.279 e. The molecular formula is C23H19N9O4S. The highest BCUT2D eigenvalue weighted by Gasteiger charge is 2.37. The van der Waals surface area contributed by atoms with Gasteiger partial charge in [0.25, 0.3) is 15.9 Å². The Kier molecular flexibility index (Phi) is 5.93. The summed E-state index contributed by atoms with van der Waals surface area (Å²) < 4.78 is 28.7. The van der Waals surface area contributed by atoms with Gasteiger partial charge in [-0.2, -0.15) is 9.80 Å². The Labute approximate surface area is 211 Å². The van der Waals surface area contributed by atoms with E-state index < -0.39 is 22.0 Å². The highest BCUT2D eigenvalue weighted by atomic mass is 32.2. The number of nitrogens with zero attached hydrogens (tertiary/aromatic N) is 8. The lowest BCUT2D eigenvalue weighted by molar-refractivity contribution is 0.0947. The molecule has 2 amide bonds. The summed E-state index contributed by atoms with van der Waals surface area (Å²) in [5.74, 6) is 0.00411. The number of pyridine rings is 2. The Bertz CT molecular complexity index is 1620. The first-order valence-corrected chi connectivity index (χ1v) is 12.3. The summed E-state index contributed by atoms with van der Waals surface area (Å²) in [5.41, 5.74) is 0.829. The van der Waals surface area contributed by atoms with Crippen molar-refractivity contribution in [3.05, 3.63) is 78.8 Å². The van der Waals surface area contributed by atoms with E-state index in [0.29, 0.717) is 5.69 Å². The van der Waals surface area contributed by atoms with Crippen LogP contribution in [-0.2, 0) is 10.0 Å². The fourth-order valence-electron chi connectivity index (χ4n) is 3.58. The van der Waals surface area contributed by atoms with Gasteiger partial charge >= 0.3 is 6.03 Å². The molecule has 1 N–H and O–H groups in total. The van der Waals surface area contributed by atoms with Crippen LogP contribution in [0.4, 0.5) is 33.6 Å². The molecule has 13 nitrogen and oxygen atoms in total. The molecule has 0 aliphatic carbocycles. The van der Waals surface area contributed by atoms with Gasteiger partial charge in [0.15, 0.2) is 17.3 Å². The number of hydrogen-bond donors (Lipinski definition) is 1. The molecule has 0 spiro atoms. The number of anilines is 3. The summed E-state index contributed by atoms with van der Waals surface area (Å²) in [6.45, 7) is 0. The topological polar surface area (TPSA) is 155 Å². The van der Waals surface area contributed by atoms with Crippen LogP contribution >= 0.6 is 0 Å². The lowest BCUT2D eigenvalue weighted by atomic mass is 10.2. The van der Waals surface area contributed by atoms with Crippen LogP contribution in [0.25, 0.3) is 0 Å². The van der Waals surface area contributed by atoms with Crippen LogP contribution in [0.3, 0.4) is 0 Å². The largest absolute Gasteiger partial charge is 0.330 e. The lowest BCUT2D eigenvalue weighted by Gasteiger charge is -2.26. The lowest BCUT2D eigenvalue weighted by Crippen LogP contribution is -2.41. The molecule has 1 aromatic carbocycles. The molecule has 4 aromatic rings. The second-order valence-corrected chi connectivity index (χ2v) is 9.55. The van der Waals surface area contributed by atoms with Crippen LogP contribution in [-0.4, -0.2) is 54.2 Å². The van der Waals surface area contributed by atoms with E-state index in [1.54, 1.807) is 30.5 Å². The van der Waals surface area contributed by atoms with E-state index in [2.05, 4.69) is 30.0 Å². The maximum atomic E-state index is 13.1. The average Bonchev–Trinajstić information content (AvgIpc) is 3.26. The van der Waals surface area contributed by atoms with E-state index in [4.69, 9.17) is 0 Å². The fraction of sp³-hybridized carbons (Fsp3) is 0.0870. The van der Waals surface area contributed by atoms with Crippen LogP contribution in [0.2, 0.25) is 0 Å². The van der Waals surface area contributed by atoms with Crippen molar-refractivity contribution in [2.24, 2.45) is 10.2 Å². The van der Waals surface area contributed by atoms with Gasteiger partial charge in [-0.1, -0.05) is 6.07 Å². The van der Waals surface area contributed by atoms with Gasteiger partial charge in [-0.3, -0.25) is 24.3 Å². The number of hydrogen-bond acceptors (Lipinski definition) is 9. The number of urea groups is 1. The van der Waals surface area contributed by atoms with Crippen molar-refractivity contribution in [2.45, 2.75) is 4.90 Å². The third-order valence-electron chi connectivity index (χ3n) is 5.45. The SMILES string of the molecule is CN1C(=O)N(C)c2c(N=Nc3ccc(S(=O)(=O)Nc4ccccn4)cc3)c1nn2C(=O)c1cccnc1. The number of benzene rings is 1. The molecule has 5 rings (SSSR count). The molecule has 3 aromatic heterocycles. The van der Waals surface area contributed by atoms with Crippen molar-refractivity contribution < 1.29 is 18.0 Å². The summed E-state index contributed by atoms with van der Waals surface area (Å²) in [5, 5.41) is 12.7. The minimum atomic E-state index is -3.85. The van der Waals surface area contributed by atoms with E-state index in [1.807, 2.05) is 0 Å². The van der Waals surface area contributed by atoms with Gasteiger partial charge in [-0.15, -0.1) is 10.2 Å². The van der Waals surface area contributed by atoms with E-state index >= 15 is 0 Å². The molecule has 186 valence electrons. The highest BCUT2D eigenvalue weighted by Crippen LogP contribution is 2.43. The molecule has 14 heteroatoms. The summed E-state index contributed by atoms with van der Waals surface area (Å²) in [6, 6.07) is 13.4. The maximum Gasteiger partial charge on any atom is 0.330 e. The molecule has 0 saturated carbocycles. The first kappa shape index (κ1) is 23.7. The quantitative estimate of drug-likeness (QED) is 0.383. The van der Waals surface area contributed by atoms with Gasteiger partial charge < -0.3 is 0 Å². The molecule has 0 unspecified atom stereocenters. The van der Waals surface area contributed by atoms with Gasteiger partial charge in [0.05, 0.1) is 16.1 Å². The Morgan fingerprint density at radius 2 is 1.73 bits per heavy atom. The molecule has 0 fully saturated rings. The monoisotopic (exact) mass is 517 g/mol. The predicted octanol–water partition coefficient (Wildman–Crippen LogP) is 3.58. The number of aromatic nitrogens is 4. The van der Waals surface area contributed by atoms with E-state index in [9.17, 15) is 18.0 Å². The molecule has 1 aliphatic heterocycles. The standard InChI is InChI=1S/C23H19N9O4S/c1-30-20-19(21(31(2)23(30)34)32(28-20)22(33)15-6-5-12-24-14-15)27-26-16-8-10-17(11-9-16)37(35,36)29-18-7-3-4-13-25-18/h3-14H,1-2H3,(H,25,29). The summed E-state index contributed by atoms with van der Waals surface area (Å²) in [7, 11) is -0.841.